The van der Waals surface area contributed by atoms with Gasteiger partial charge < -0.3 is 5.32 Å². The Morgan fingerprint density at radius 2 is 2.00 bits per heavy atom. The zero-order valence-electron chi connectivity index (χ0n) is 15.4. The number of hydrogen-bond donors (Lipinski definition) is 1. The maximum Gasteiger partial charge on any atom is 0.266 e. The van der Waals surface area contributed by atoms with E-state index in [1.165, 1.54) is 23.1 Å². The highest BCUT2D eigenvalue weighted by atomic mass is 32.2. The Balaban J connectivity index is 1.40. The molecule has 146 valence electrons. The van der Waals surface area contributed by atoms with Crippen molar-refractivity contribution in [2.75, 3.05) is 11.9 Å². The lowest BCUT2D eigenvalue weighted by Gasteiger charge is -2.13. The minimum Gasteiger partial charge on any atom is -0.301 e. The van der Waals surface area contributed by atoms with E-state index in [-0.39, 0.29) is 11.8 Å². The smallest absolute Gasteiger partial charge is 0.266 e. The summed E-state index contributed by atoms with van der Waals surface area (Å²) in [6.07, 6.45) is 4.69. The predicted octanol–water partition coefficient (Wildman–Crippen LogP) is 4.25. The van der Waals surface area contributed by atoms with Gasteiger partial charge in [0.25, 0.3) is 5.91 Å². The minimum absolute atomic E-state index is 0.0387. The molecule has 0 atom stereocenters. The fourth-order valence-electron chi connectivity index (χ4n) is 2.65. The lowest BCUT2D eigenvalue weighted by molar-refractivity contribution is -0.122. The quantitative estimate of drug-likeness (QED) is 0.382. The number of unbranched alkanes of at least 4 members (excludes halogenated alkanes) is 2. The van der Waals surface area contributed by atoms with Crippen molar-refractivity contribution in [3.05, 3.63) is 45.8 Å². The molecule has 0 aliphatic carbocycles. The maximum atomic E-state index is 12.6. The normalized spacial score (nSPS) is 15.5. The highest BCUT2D eigenvalue weighted by molar-refractivity contribution is 8.26. The second kappa shape index (κ2) is 9.90. The van der Waals surface area contributed by atoms with Crippen molar-refractivity contribution in [3.8, 4) is 0 Å². The Morgan fingerprint density at radius 1 is 1.21 bits per heavy atom. The summed E-state index contributed by atoms with van der Waals surface area (Å²) >= 11 is 8.06. The van der Waals surface area contributed by atoms with E-state index in [1.807, 2.05) is 43.3 Å². The van der Waals surface area contributed by atoms with Gasteiger partial charge in [-0.1, -0.05) is 72.1 Å². The number of aromatic nitrogens is 2. The SMILES string of the molecule is Cc1nnc(NC(=O)CCCCCN2C(=O)C(=Cc3ccccc3)SC2=S)s1. The highest BCUT2D eigenvalue weighted by Crippen LogP contribution is 2.32. The zero-order valence-corrected chi connectivity index (χ0v) is 17.8. The lowest BCUT2D eigenvalue weighted by Crippen LogP contribution is -2.29. The Kier molecular flexibility index (Phi) is 7.30. The van der Waals surface area contributed by atoms with E-state index in [0.717, 1.165) is 29.8 Å². The van der Waals surface area contributed by atoms with Crippen molar-refractivity contribution < 1.29 is 9.59 Å². The van der Waals surface area contributed by atoms with Crippen LogP contribution in [-0.2, 0) is 9.59 Å². The topological polar surface area (TPSA) is 75.2 Å². The number of thiocarbonyl (C=S) groups is 1. The molecule has 6 nitrogen and oxygen atoms in total. The molecule has 1 aromatic carbocycles. The van der Waals surface area contributed by atoms with Gasteiger partial charge in [0.1, 0.15) is 9.33 Å². The Morgan fingerprint density at radius 3 is 2.71 bits per heavy atom. The van der Waals surface area contributed by atoms with Crippen LogP contribution < -0.4 is 5.32 Å². The van der Waals surface area contributed by atoms with Crippen molar-refractivity contribution >= 4 is 62.7 Å². The van der Waals surface area contributed by atoms with Crippen molar-refractivity contribution in [3.63, 3.8) is 0 Å². The van der Waals surface area contributed by atoms with Gasteiger partial charge in [0.05, 0.1) is 4.91 Å². The number of anilines is 1. The molecule has 2 amide bonds. The van der Waals surface area contributed by atoms with Crippen LogP contribution in [0.25, 0.3) is 6.08 Å². The molecule has 1 aliphatic rings. The monoisotopic (exact) mass is 432 g/mol. The Hall–Kier alpha value is -2.10. The van der Waals surface area contributed by atoms with Crippen LogP contribution in [0.5, 0.6) is 0 Å². The summed E-state index contributed by atoms with van der Waals surface area (Å²) in [6, 6.07) is 9.74. The third kappa shape index (κ3) is 5.70. The van der Waals surface area contributed by atoms with Gasteiger partial charge in [0.2, 0.25) is 11.0 Å². The van der Waals surface area contributed by atoms with E-state index >= 15 is 0 Å². The summed E-state index contributed by atoms with van der Waals surface area (Å²) in [6.45, 7) is 2.42. The number of amides is 2. The molecule has 0 radical (unpaired) electrons. The van der Waals surface area contributed by atoms with Crippen LogP contribution in [0, 0.1) is 6.92 Å². The summed E-state index contributed by atoms with van der Waals surface area (Å²) in [5.41, 5.74) is 0.986. The molecule has 28 heavy (non-hydrogen) atoms. The summed E-state index contributed by atoms with van der Waals surface area (Å²) < 4.78 is 0.594. The second-order valence-electron chi connectivity index (χ2n) is 6.23. The molecule has 3 rings (SSSR count). The van der Waals surface area contributed by atoms with E-state index in [9.17, 15) is 9.59 Å². The summed E-state index contributed by atoms with van der Waals surface area (Å²) in [5, 5.41) is 11.8. The van der Waals surface area contributed by atoms with Gasteiger partial charge in [-0.3, -0.25) is 14.5 Å². The summed E-state index contributed by atoms with van der Waals surface area (Å²) in [7, 11) is 0. The zero-order chi connectivity index (χ0) is 19.9. The third-order valence-electron chi connectivity index (χ3n) is 4.03. The van der Waals surface area contributed by atoms with E-state index in [4.69, 9.17) is 12.2 Å². The molecule has 1 aliphatic heterocycles. The number of carbonyl (C=O) groups excluding carboxylic acids is 2. The number of nitrogens with zero attached hydrogens (tertiary/aromatic N) is 3. The molecule has 9 heteroatoms. The number of thioether (sulfide) groups is 1. The fourth-order valence-corrected chi connectivity index (χ4v) is 4.57. The van der Waals surface area contributed by atoms with Crippen LogP contribution in [-0.4, -0.2) is 37.8 Å². The molecule has 1 fully saturated rings. The molecule has 0 saturated carbocycles. The van der Waals surface area contributed by atoms with Gasteiger partial charge in [0.15, 0.2) is 0 Å². The highest BCUT2D eigenvalue weighted by Gasteiger charge is 2.31. The predicted molar refractivity (Wildman–Crippen MR) is 118 cm³/mol. The Labute approximate surface area is 177 Å². The lowest BCUT2D eigenvalue weighted by atomic mass is 10.2. The number of rotatable bonds is 8. The van der Waals surface area contributed by atoms with E-state index in [1.54, 1.807) is 4.90 Å². The maximum absolute atomic E-state index is 12.6. The molecule has 0 spiro atoms. The number of benzene rings is 1. The molecule has 2 aromatic rings. The third-order valence-corrected chi connectivity index (χ3v) is 6.16. The molecular formula is C19H20N4O2S3. The minimum atomic E-state index is -0.0624. The van der Waals surface area contributed by atoms with Crippen LogP contribution in [0.1, 0.15) is 36.3 Å². The first kappa shape index (κ1) is 20.6. The molecule has 2 heterocycles. The molecule has 0 bridgehead atoms. The summed E-state index contributed by atoms with van der Waals surface area (Å²) in [5.74, 6) is -0.101. The van der Waals surface area contributed by atoms with Crippen LogP contribution in [0.2, 0.25) is 0 Å². The largest absolute Gasteiger partial charge is 0.301 e. The average Bonchev–Trinajstić information content (AvgIpc) is 3.19. The van der Waals surface area contributed by atoms with Crippen molar-refractivity contribution in [2.24, 2.45) is 0 Å². The van der Waals surface area contributed by atoms with Crippen molar-refractivity contribution in [2.45, 2.75) is 32.6 Å². The standard InChI is InChI=1S/C19H20N4O2S3/c1-13-21-22-18(27-13)20-16(24)10-6-3-7-11-23-17(25)15(28-19(23)26)12-14-8-4-2-5-9-14/h2,4-5,8-9,12H,3,6-7,10-11H2,1H3,(H,20,22,24). The van der Waals surface area contributed by atoms with E-state index < -0.39 is 0 Å². The number of aryl methyl sites for hydroxylation is 1. The first-order valence-corrected chi connectivity index (χ1v) is 11.0. The fraction of sp³-hybridized carbons (Fsp3) is 0.316. The first-order chi connectivity index (χ1) is 13.5. The van der Waals surface area contributed by atoms with Crippen LogP contribution in [0.15, 0.2) is 35.2 Å². The molecule has 1 N–H and O–H groups in total. The number of nitrogens with one attached hydrogen (secondary N) is 1. The molecule has 1 saturated heterocycles. The van der Waals surface area contributed by atoms with Gasteiger partial charge in [-0.2, -0.15) is 0 Å². The van der Waals surface area contributed by atoms with Gasteiger partial charge in [-0.05, 0) is 31.4 Å². The molecule has 0 unspecified atom stereocenters. The van der Waals surface area contributed by atoms with Crippen LogP contribution in [0.3, 0.4) is 0 Å². The van der Waals surface area contributed by atoms with Gasteiger partial charge in [-0.25, -0.2) is 0 Å². The second-order valence-corrected chi connectivity index (χ2v) is 9.09. The summed E-state index contributed by atoms with van der Waals surface area (Å²) in [4.78, 5) is 26.8. The van der Waals surface area contributed by atoms with Crippen molar-refractivity contribution in [1.82, 2.24) is 15.1 Å². The Bertz CT molecular complexity index is 896. The van der Waals surface area contributed by atoms with Gasteiger partial charge in [0, 0.05) is 13.0 Å². The number of hydrogen-bond acceptors (Lipinski definition) is 7. The average molecular weight is 433 g/mol. The van der Waals surface area contributed by atoms with Gasteiger partial charge in [-0.15, -0.1) is 10.2 Å². The van der Waals surface area contributed by atoms with Gasteiger partial charge >= 0.3 is 0 Å². The van der Waals surface area contributed by atoms with E-state index in [2.05, 4.69) is 15.5 Å². The number of carbonyl (C=O) groups is 2. The first-order valence-electron chi connectivity index (χ1n) is 8.93. The molecule has 1 aromatic heterocycles. The van der Waals surface area contributed by atoms with Crippen molar-refractivity contribution in [1.29, 1.82) is 0 Å². The van der Waals surface area contributed by atoms with E-state index in [0.29, 0.717) is 27.3 Å². The van der Waals surface area contributed by atoms with Crippen LogP contribution in [0.4, 0.5) is 5.13 Å². The molecular weight excluding hydrogens is 412 g/mol. The van der Waals surface area contributed by atoms with Crippen LogP contribution >= 0.6 is 35.3 Å².